The van der Waals surface area contributed by atoms with Crippen molar-refractivity contribution in [3.8, 4) is 0 Å². The first-order valence-electron chi connectivity index (χ1n) is 8.65. The van der Waals surface area contributed by atoms with Crippen molar-refractivity contribution >= 4 is 27.5 Å². The van der Waals surface area contributed by atoms with E-state index in [1.54, 1.807) is 21.9 Å². The summed E-state index contributed by atoms with van der Waals surface area (Å²) in [6, 6.07) is 6.19. The van der Waals surface area contributed by atoms with Gasteiger partial charge in [0.15, 0.2) is 0 Å². The molecule has 2 amide bonds. The standard InChI is InChI=1S/C17H23N3O4S/c21-16-5-4-12-20(16)14-6-8-15(9-7-14)25(23,24)18-13-17(22)19-10-2-1-3-11-19/h6-9,18H,1-5,10-13H2. The van der Waals surface area contributed by atoms with Crippen molar-refractivity contribution in [2.75, 3.05) is 31.1 Å². The van der Waals surface area contributed by atoms with Crippen LogP contribution in [0.4, 0.5) is 5.69 Å². The van der Waals surface area contributed by atoms with Crippen LogP contribution in [-0.2, 0) is 19.6 Å². The van der Waals surface area contributed by atoms with Gasteiger partial charge in [-0.15, -0.1) is 0 Å². The number of nitrogens with one attached hydrogen (secondary N) is 1. The number of sulfonamides is 1. The molecule has 1 N–H and O–H groups in total. The molecule has 25 heavy (non-hydrogen) atoms. The van der Waals surface area contributed by atoms with Crippen LogP contribution in [0.2, 0.25) is 0 Å². The van der Waals surface area contributed by atoms with E-state index < -0.39 is 10.0 Å². The summed E-state index contributed by atoms with van der Waals surface area (Å²) in [5, 5.41) is 0. The molecule has 2 saturated heterocycles. The molecule has 0 spiro atoms. The molecule has 1 aromatic rings. The minimum atomic E-state index is -3.75. The Morgan fingerprint density at radius 3 is 2.28 bits per heavy atom. The van der Waals surface area contributed by atoms with Gasteiger partial charge in [-0.25, -0.2) is 13.1 Å². The molecule has 0 atom stereocenters. The molecule has 1 aromatic carbocycles. The number of rotatable bonds is 5. The summed E-state index contributed by atoms with van der Waals surface area (Å²) >= 11 is 0. The van der Waals surface area contributed by atoms with Gasteiger partial charge in [0.2, 0.25) is 21.8 Å². The minimum Gasteiger partial charge on any atom is -0.342 e. The van der Waals surface area contributed by atoms with Gasteiger partial charge in [-0.05, 0) is 49.9 Å². The van der Waals surface area contributed by atoms with Gasteiger partial charge in [-0.3, -0.25) is 9.59 Å². The van der Waals surface area contributed by atoms with Crippen LogP contribution in [0.1, 0.15) is 32.1 Å². The molecule has 3 rings (SSSR count). The Kier molecular flexibility index (Phi) is 5.39. The Morgan fingerprint density at radius 1 is 1.00 bits per heavy atom. The molecule has 0 aromatic heterocycles. The van der Waals surface area contributed by atoms with Crippen LogP contribution in [0, 0.1) is 0 Å². The van der Waals surface area contributed by atoms with Gasteiger partial charge >= 0.3 is 0 Å². The fourth-order valence-electron chi connectivity index (χ4n) is 3.22. The average Bonchev–Trinajstić information content (AvgIpc) is 3.06. The Labute approximate surface area is 148 Å². The number of benzene rings is 1. The first kappa shape index (κ1) is 17.9. The van der Waals surface area contributed by atoms with Gasteiger partial charge < -0.3 is 9.80 Å². The normalized spacial score (nSPS) is 18.6. The highest BCUT2D eigenvalue weighted by atomic mass is 32.2. The molecule has 0 saturated carbocycles. The van der Waals surface area contributed by atoms with Crippen molar-refractivity contribution in [2.24, 2.45) is 0 Å². The Hall–Kier alpha value is -1.93. The van der Waals surface area contributed by atoms with E-state index in [0.717, 1.165) is 25.7 Å². The second kappa shape index (κ2) is 7.53. The zero-order valence-corrected chi connectivity index (χ0v) is 14.9. The zero-order chi connectivity index (χ0) is 17.9. The predicted octanol–water partition coefficient (Wildman–Crippen LogP) is 1.10. The lowest BCUT2D eigenvalue weighted by atomic mass is 10.1. The fourth-order valence-corrected chi connectivity index (χ4v) is 4.20. The van der Waals surface area contributed by atoms with E-state index in [9.17, 15) is 18.0 Å². The minimum absolute atomic E-state index is 0.0564. The number of hydrogen-bond acceptors (Lipinski definition) is 4. The molecular formula is C17H23N3O4S. The molecule has 0 bridgehead atoms. The summed E-state index contributed by atoms with van der Waals surface area (Å²) in [7, 11) is -3.75. The SMILES string of the molecule is O=C(CNS(=O)(=O)c1ccc(N2CCCC2=O)cc1)N1CCCCC1. The fraction of sp³-hybridized carbons (Fsp3) is 0.529. The predicted molar refractivity (Wildman–Crippen MR) is 93.6 cm³/mol. The zero-order valence-electron chi connectivity index (χ0n) is 14.1. The van der Waals surface area contributed by atoms with Gasteiger partial charge in [0.25, 0.3) is 0 Å². The average molecular weight is 365 g/mol. The summed E-state index contributed by atoms with van der Waals surface area (Å²) in [6.45, 7) is 1.82. The topological polar surface area (TPSA) is 86.8 Å². The Morgan fingerprint density at radius 2 is 1.68 bits per heavy atom. The summed E-state index contributed by atoms with van der Waals surface area (Å²) in [5.74, 6) is -0.136. The summed E-state index contributed by atoms with van der Waals surface area (Å²) in [5.41, 5.74) is 0.700. The third-order valence-electron chi connectivity index (χ3n) is 4.65. The number of nitrogens with zero attached hydrogens (tertiary/aromatic N) is 2. The van der Waals surface area contributed by atoms with E-state index in [4.69, 9.17) is 0 Å². The Bertz CT molecular complexity index is 740. The number of carbonyl (C=O) groups excluding carboxylic acids is 2. The molecule has 2 heterocycles. The second-order valence-electron chi connectivity index (χ2n) is 6.41. The van der Waals surface area contributed by atoms with Crippen LogP contribution in [0.15, 0.2) is 29.2 Å². The third kappa shape index (κ3) is 4.19. The van der Waals surface area contributed by atoms with Gasteiger partial charge in [-0.2, -0.15) is 0 Å². The van der Waals surface area contributed by atoms with Crippen molar-refractivity contribution in [3.05, 3.63) is 24.3 Å². The van der Waals surface area contributed by atoms with E-state index >= 15 is 0 Å². The van der Waals surface area contributed by atoms with E-state index in [0.29, 0.717) is 31.7 Å². The van der Waals surface area contributed by atoms with E-state index in [1.165, 1.54) is 12.1 Å². The highest BCUT2D eigenvalue weighted by Gasteiger charge is 2.23. The molecule has 0 unspecified atom stereocenters. The highest BCUT2D eigenvalue weighted by Crippen LogP contribution is 2.22. The number of likely N-dealkylation sites (tertiary alicyclic amines) is 1. The van der Waals surface area contributed by atoms with E-state index in [-0.39, 0.29) is 23.3 Å². The number of amides is 2. The molecule has 2 aliphatic heterocycles. The molecule has 7 nitrogen and oxygen atoms in total. The summed E-state index contributed by atoms with van der Waals surface area (Å²) in [4.78, 5) is 27.3. The van der Waals surface area contributed by atoms with Crippen LogP contribution < -0.4 is 9.62 Å². The lowest BCUT2D eigenvalue weighted by Gasteiger charge is -2.26. The molecule has 0 radical (unpaired) electrons. The second-order valence-corrected chi connectivity index (χ2v) is 8.18. The lowest BCUT2D eigenvalue weighted by molar-refractivity contribution is -0.130. The van der Waals surface area contributed by atoms with Crippen molar-refractivity contribution < 1.29 is 18.0 Å². The number of carbonyl (C=O) groups is 2. The molecule has 2 fully saturated rings. The third-order valence-corrected chi connectivity index (χ3v) is 6.07. The molecule has 2 aliphatic rings. The maximum absolute atomic E-state index is 12.4. The van der Waals surface area contributed by atoms with Crippen LogP contribution in [0.3, 0.4) is 0 Å². The maximum Gasteiger partial charge on any atom is 0.241 e. The first-order valence-corrected chi connectivity index (χ1v) is 10.1. The van der Waals surface area contributed by atoms with Crippen LogP contribution >= 0.6 is 0 Å². The van der Waals surface area contributed by atoms with Crippen molar-refractivity contribution in [2.45, 2.75) is 37.0 Å². The number of anilines is 1. The Balaban J connectivity index is 1.61. The summed E-state index contributed by atoms with van der Waals surface area (Å²) in [6.07, 6.45) is 4.39. The van der Waals surface area contributed by atoms with Crippen molar-refractivity contribution in [1.29, 1.82) is 0 Å². The molecule has 136 valence electrons. The molecule has 0 aliphatic carbocycles. The maximum atomic E-state index is 12.4. The van der Waals surface area contributed by atoms with Crippen molar-refractivity contribution in [1.82, 2.24) is 9.62 Å². The van der Waals surface area contributed by atoms with Gasteiger partial charge in [0.1, 0.15) is 0 Å². The number of piperidine rings is 1. The van der Waals surface area contributed by atoms with Gasteiger partial charge in [0.05, 0.1) is 11.4 Å². The van der Waals surface area contributed by atoms with Crippen molar-refractivity contribution in [3.63, 3.8) is 0 Å². The van der Waals surface area contributed by atoms with E-state index in [2.05, 4.69) is 4.72 Å². The quantitative estimate of drug-likeness (QED) is 0.847. The molecular weight excluding hydrogens is 342 g/mol. The van der Waals surface area contributed by atoms with Crippen LogP contribution in [0.25, 0.3) is 0 Å². The number of hydrogen-bond donors (Lipinski definition) is 1. The van der Waals surface area contributed by atoms with Crippen LogP contribution in [-0.4, -0.2) is 51.3 Å². The highest BCUT2D eigenvalue weighted by molar-refractivity contribution is 7.89. The van der Waals surface area contributed by atoms with Crippen LogP contribution in [0.5, 0.6) is 0 Å². The van der Waals surface area contributed by atoms with Gasteiger partial charge in [0, 0.05) is 31.7 Å². The first-order chi connectivity index (χ1) is 12.0. The summed E-state index contributed by atoms with van der Waals surface area (Å²) < 4.78 is 27.1. The lowest BCUT2D eigenvalue weighted by Crippen LogP contribution is -2.42. The largest absolute Gasteiger partial charge is 0.342 e. The monoisotopic (exact) mass is 365 g/mol. The van der Waals surface area contributed by atoms with E-state index in [1.807, 2.05) is 0 Å². The molecule has 8 heteroatoms. The van der Waals surface area contributed by atoms with Gasteiger partial charge in [-0.1, -0.05) is 0 Å². The smallest absolute Gasteiger partial charge is 0.241 e.